The fourth-order valence-corrected chi connectivity index (χ4v) is 6.22. The molecule has 4 aliphatic rings. The lowest BCUT2D eigenvalue weighted by atomic mass is 9.78. The molecule has 0 spiro atoms. The number of methoxy groups -OCH3 is 1. The Labute approximate surface area is 191 Å². The highest BCUT2D eigenvalue weighted by Gasteiger charge is 2.58. The average Bonchev–Trinajstić information content (AvgIpc) is 3.35. The summed E-state index contributed by atoms with van der Waals surface area (Å²) in [6.07, 6.45) is -0.419. The summed E-state index contributed by atoms with van der Waals surface area (Å²) in [7, 11) is 1.71. The topological polar surface area (TPSA) is 57.2 Å². The quantitative estimate of drug-likeness (QED) is 0.667. The molecule has 5 rings (SSSR count). The zero-order valence-corrected chi connectivity index (χ0v) is 18.7. The molecule has 3 fully saturated rings. The van der Waals surface area contributed by atoms with E-state index < -0.39 is 17.2 Å². The summed E-state index contributed by atoms with van der Waals surface area (Å²) >= 11 is 0. The van der Waals surface area contributed by atoms with E-state index in [1.165, 1.54) is 6.07 Å². The summed E-state index contributed by atoms with van der Waals surface area (Å²) in [5.41, 5.74) is -0.971. The number of ether oxygens (including phenoxy) is 4. The van der Waals surface area contributed by atoms with Crippen molar-refractivity contribution in [2.45, 2.75) is 57.0 Å². The van der Waals surface area contributed by atoms with Gasteiger partial charge in [-0.25, -0.2) is 0 Å². The van der Waals surface area contributed by atoms with E-state index >= 15 is 0 Å². The van der Waals surface area contributed by atoms with Crippen molar-refractivity contribution >= 4 is 5.91 Å². The minimum Gasteiger partial charge on any atom is -0.473 e. The molecule has 0 bridgehead atoms. The van der Waals surface area contributed by atoms with E-state index in [9.17, 15) is 18.0 Å². The zero-order valence-electron chi connectivity index (χ0n) is 18.7. The first-order chi connectivity index (χ1) is 15.8. The van der Waals surface area contributed by atoms with E-state index in [4.69, 9.17) is 18.9 Å². The number of fused-ring (bicyclic) bond motifs is 2. The fraction of sp³-hybridized carbons (Fsp3) is 0.708. The lowest BCUT2D eigenvalue weighted by molar-refractivity contribution is -0.149. The summed E-state index contributed by atoms with van der Waals surface area (Å²) in [6.45, 7) is 2.02. The van der Waals surface area contributed by atoms with Crippen molar-refractivity contribution in [2.75, 3.05) is 33.7 Å². The summed E-state index contributed by atoms with van der Waals surface area (Å²) < 4.78 is 62.3. The predicted octanol–water partition coefficient (Wildman–Crippen LogP) is 4.01. The monoisotopic (exact) mass is 469 g/mol. The van der Waals surface area contributed by atoms with Gasteiger partial charge < -0.3 is 23.8 Å². The second-order valence-electron chi connectivity index (χ2n) is 9.80. The molecule has 2 saturated heterocycles. The van der Waals surface area contributed by atoms with Gasteiger partial charge in [-0.1, -0.05) is 0 Å². The Morgan fingerprint density at radius 3 is 2.94 bits per heavy atom. The van der Waals surface area contributed by atoms with E-state index in [-0.39, 0.29) is 31.4 Å². The Hall–Kier alpha value is -1.84. The van der Waals surface area contributed by atoms with Gasteiger partial charge in [0.1, 0.15) is 5.75 Å². The molecule has 182 valence electrons. The van der Waals surface area contributed by atoms with Crippen LogP contribution in [0.1, 0.15) is 43.2 Å². The van der Waals surface area contributed by atoms with E-state index in [0.29, 0.717) is 42.8 Å². The first-order valence-corrected chi connectivity index (χ1v) is 11.6. The molecule has 33 heavy (non-hydrogen) atoms. The number of hydrogen-bond donors (Lipinski definition) is 0. The Morgan fingerprint density at radius 2 is 2.15 bits per heavy atom. The second kappa shape index (κ2) is 8.74. The van der Waals surface area contributed by atoms with Crippen LogP contribution in [0.25, 0.3) is 0 Å². The molecule has 0 N–H and O–H groups in total. The Bertz CT molecular complexity index is 893. The van der Waals surface area contributed by atoms with Gasteiger partial charge in [0.25, 0.3) is 0 Å². The molecule has 3 aliphatic heterocycles. The summed E-state index contributed by atoms with van der Waals surface area (Å²) in [5, 5.41) is 0. The van der Waals surface area contributed by atoms with Crippen molar-refractivity contribution in [2.24, 2.45) is 17.3 Å². The molecule has 0 aromatic heterocycles. The van der Waals surface area contributed by atoms with E-state index in [2.05, 4.69) is 0 Å². The van der Waals surface area contributed by atoms with Gasteiger partial charge in [-0.2, -0.15) is 13.2 Å². The van der Waals surface area contributed by atoms with Gasteiger partial charge >= 0.3 is 6.18 Å². The lowest BCUT2D eigenvalue weighted by Gasteiger charge is -2.37. The first-order valence-electron chi connectivity index (χ1n) is 11.6. The van der Waals surface area contributed by atoms with E-state index in [1.54, 1.807) is 12.0 Å². The number of amides is 1. The third-order valence-corrected chi connectivity index (χ3v) is 7.90. The van der Waals surface area contributed by atoms with Gasteiger partial charge in [0.05, 0.1) is 36.3 Å². The van der Waals surface area contributed by atoms with Crippen molar-refractivity contribution in [3.63, 3.8) is 0 Å². The van der Waals surface area contributed by atoms with Gasteiger partial charge in [0.2, 0.25) is 5.91 Å². The Morgan fingerprint density at radius 1 is 1.30 bits per heavy atom. The highest BCUT2D eigenvalue weighted by atomic mass is 19.4. The summed E-state index contributed by atoms with van der Waals surface area (Å²) in [6, 6.07) is 3.44. The van der Waals surface area contributed by atoms with Crippen LogP contribution in [0.4, 0.5) is 13.2 Å². The van der Waals surface area contributed by atoms with E-state index in [0.717, 1.165) is 44.4 Å². The van der Waals surface area contributed by atoms with Crippen LogP contribution in [-0.4, -0.2) is 56.7 Å². The van der Waals surface area contributed by atoms with E-state index in [1.807, 2.05) is 0 Å². The number of carbonyl (C=O) groups is 1. The van der Waals surface area contributed by atoms with Crippen LogP contribution >= 0.6 is 0 Å². The van der Waals surface area contributed by atoms with Gasteiger partial charge in [0.15, 0.2) is 6.73 Å². The lowest BCUT2D eigenvalue weighted by Crippen LogP contribution is -2.48. The molecular formula is C24H30F3NO5. The van der Waals surface area contributed by atoms with Gasteiger partial charge in [-0.15, -0.1) is 0 Å². The number of halogens is 3. The highest BCUT2D eigenvalue weighted by molar-refractivity contribution is 5.84. The molecule has 1 aromatic rings. The summed E-state index contributed by atoms with van der Waals surface area (Å²) in [4.78, 5) is 15.3. The van der Waals surface area contributed by atoms with Crippen molar-refractivity contribution in [1.82, 2.24) is 4.90 Å². The predicted molar refractivity (Wildman–Crippen MR) is 111 cm³/mol. The molecular weight excluding hydrogens is 439 g/mol. The van der Waals surface area contributed by atoms with Gasteiger partial charge in [-0.3, -0.25) is 4.79 Å². The molecule has 9 heteroatoms. The van der Waals surface area contributed by atoms with Gasteiger partial charge in [0, 0.05) is 25.9 Å². The molecule has 1 amide bonds. The molecule has 0 unspecified atom stereocenters. The number of carbonyl (C=O) groups excluding carboxylic acids is 1. The molecule has 5 atom stereocenters. The van der Waals surface area contributed by atoms with Crippen LogP contribution in [-0.2, 0) is 31.7 Å². The van der Waals surface area contributed by atoms with Crippen LogP contribution in [0.5, 0.6) is 5.75 Å². The smallest absolute Gasteiger partial charge is 0.416 e. The van der Waals surface area contributed by atoms with Crippen molar-refractivity contribution in [1.29, 1.82) is 0 Å². The Balaban J connectivity index is 1.31. The maximum Gasteiger partial charge on any atom is 0.416 e. The molecule has 6 nitrogen and oxygen atoms in total. The van der Waals surface area contributed by atoms with Crippen molar-refractivity contribution in [3.8, 4) is 5.75 Å². The number of alkyl halides is 3. The maximum atomic E-state index is 13.8. The van der Waals surface area contributed by atoms with Crippen LogP contribution in [0.15, 0.2) is 18.2 Å². The molecule has 0 radical (unpaired) electrons. The van der Waals surface area contributed by atoms with Crippen LogP contribution in [0.2, 0.25) is 0 Å². The van der Waals surface area contributed by atoms with Crippen LogP contribution < -0.4 is 4.74 Å². The SMILES string of the molecule is CO[C@@H]1COCC[C@@H]1C[C@@H]1C[C@H]2OCC[C@@]2(C(=O)N2COc3ccc(C(F)(F)F)cc3C2)C1. The normalized spacial score (nSPS) is 34.0. The minimum absolute atomic E-state index is 0.0437. The minimum atomic E-state index is -4.44. The highest BCUT2D eigenvalue weighted by Crippen LogP contribution is 2.53. The molecule has 3 heterocycles. The third-order valence-electron chi connectivity index (χ3n) is 7.90. The number of nitrogens with zero attached hydrogens (tertiary/aromatic N) is 1. The molecule has 1 saturated carbocycles. The average molecular weight is 470 g/mol. The fourth-order valence-electron chi connectivity index (χ4n) is 6.22. The van der Waals surface area contributed by atoms with Crippen LogP contribution in [0, 0.1) is 17.3 Å². The van der Waals surface area contributed by atoms with Crippen LogP contribution in [0.3, 0.4) is 0 Å². The zero-order chi connectivity index (χ0) is 23.2. The Kier molecular flexibility index (Phi) is 6.07. The standard InChI is InChI=1S/C24H30F3NO5/c1-30-20-13-31-6-4-16(20)8-15-9-21-23(11-15,5-7-32-21)22(29)28-12-17-10-18(24(25,26)27)2-3-19(17)33-14-28/h2-3,10,15-16,20-21H,4-9,11-14H2,1H3/t15-,16-,20-,21-,23-/m1/s1. The third kappa shape index (κ3) is 4.23. The maximum absolute atomic E-state index is 13.8. The van der Waals surface area contributed by atoms with Crippen molar-refractivity contribution in [3.05, 3.63) is 29.3 Å². The first kappa shape index (κ1) is 22.9. The molecule has 1 aliphatic carbocycles. The van der Waals surface area contributed by atoms with Gasteiger partial charge in [-0.05, 0) is 62.1 Å². The number of hydrogen-bond acceptors (Lipinski definition) is 5. The van der Waals surface area contributed by atoms with Crippen molar-refractivity contribution < 1.29 is 36.9 Å². The summed E-state index contributed by atoms with van der Waals surface area (Å²) in [5.74, 6) is 1.07. The number of rotatable bonds is 4. The molecule has 1 aromatic carbocycles. The largest absolute Gasteiger partial charge is 0.473 e. The number of benzene rings is 1. The second-order valence-corrected chi connectivity index (χ2v) is 9.80.